The van der Waals surface area contributed by atoms with Crippen molar-refractivity contribution in [2.75, 3.05) is 6.61 Å². The summed E-state index contributed by atoms with van der Waals surface area (Å²) in [6, 6.07) is 7.14. The quantitative estimate of drug-likeness (QED) is 0.756. The molecule has 16 heavy (non-hydrogen) atoms. The molecule has 1 aromatic carbocycles. The fraction of sp³-hybridized carbons (Fsp3) is 0.571. The third-order valence-electron chi connectivity index (χ3n) is 2.88. The van der Waals surface area contributed by atoms with Gasteiger partial charge in [-0.25, -0.2) is 0 Å². The molecule has 0 radical (unpaired) electrons. The van der Waals surface area contributed by atoms with Crippen LogP contribution in [-0.2, 0) is 0 Å². The molecule has 1 unspecified atom stereocenters. The van der Waals surface area contributed by atoms with Crippen molar-refractivity contribution in [1.82, 2.24) is 0 Å². The van der Waals surface area contributed by atoms with Crippen LogP contribution in [0.5, 0.6) is 11.5 Å². The van der Waals surface area contributed by atoms with Crippen molar-refractivity contribution in [3.63, 3.8) is 0 Å². The van der Waals surface area contributed by atoms with Crippen molar-refractivity contribution in [3.05, 3.63) is 24.3 Å². The Balaban J connectivity index is 2.40. The van der Waals surface area contributed by atoms with Crippen molar-refractivity contribution in [1.29, 1.82) is 0 Å². The molecule has 0 aromatic heterocycles. The first-order valence-electron chi connectivity index (χ1n) is 6.18. The number of aromatic hydroxyl groups is 1. The molecule has 0 spiro atoms. The molecule has 0 amide bonds. The Hall–Kier alpha value is -1.18. The van der Waals surface area contributed by atoms with Crippen LogP contribution in [0, 0.1) is 5.92 Å². The predicted molar refractivity (Wildman–Crippen MR) is 66.9 cm³/mol. The van der Waals surface area contributed by atoms with Gasteiger partial charge in [-0.3, -0.25) is 0 Å². The molecule has 1 N–H and O–H groups in total. The van der Waals surface area contributed by atoms with Gasteiger partial charge in [0.05, 0.1) is 6.61 Å². The average molecular weight is 222 g/mol. The Morgan fingerprint density at radius 1 is 1.25 bits per heavy atom. The average Bonchev–Trinajstić information content (AvgIpc) is 2.31. The topological polar surface area (TPSA) is 29.5 Å². The normalized spacial score (nSPS) is 12.4. The lowest BCUT2D eigenvalue weighted by atomic mass is 10.0. The van der Waals surface area contributed by atoms with E-state index in [4.69, 9.17) is 4.74 Å². The van der Waals surface area contributed by atoms with Gasteiger partial charge in [0.1, 0.15) is 0 Å². The van der Waals surface area contributed by atoms with Crippen molar-refractivity contribution in [2.45, 2.75) is 39.5 Å². The molecule has 0 saturated heterocycles. The molecule has 0 heterocycles. The maximum Gasteiger partial charge on any atom is 0.160 e. The standard InChI is InChI=1S/C14H22O2/c1-3-5-8-12(4-2)11-16-14-10-7-6-9-13(14)15/h6-7,9-10,12,15H,3-5,8,11H2,1-2H3. The highest BCUT2D eigenvalue weighted by Crippen LogP contribution is 2.25. The van der Waals surface area contributed by atoms with E-state index < -0.39 is 0 Å². The minimum atomic E-state index is 0.229. The number of unbranched alkanes of at least 4 members (excludes halogenated alkanes) is 1. The first-order valence-corrected chi connectivity index (χ1v) is 6.18. The summed E-state index contributed by atoms with van der Waals surface area (Å²) in [5.41, 5.74) is 0. The summed E-state index contributed by atoms with van der Waals surface area (Å²) in [7, 11) is 0. The summed E-state index contributed by atoms with van der Waals surface area (Å²) in [4.78, 5) is 0. The zero-order valence-corrected chi connectivity index (χ0v) is 10.3. The Labute approximate surface area is 98.3 Å². The van der Waals surface area contributed by atoms with Crippen LogP contribution in [0.25, 0.3) is 0 Å². The molecule has 0 aliphatic carbocycles. The summed E-state index contributed by atoms with van der Waals surface area (Å²) >= 11 is 0. The Bertz CT molecular complexity index is 297. The SMILES string of the molecule is CCCCC(CC)COc1ccccc1O. The maximum atomic E-state index is 9.55. The van der Waals surface area contributed by atoms with Crippen molar-refractivity contribution < 1.29 is 9.84 Å². The van der Waals surface area contributed by atoms with E-state index in [1.807, 2.05) is 12.1 Å². The van der Waals surface area contributed by atoms with Crippen LogP contribution < -0.4 is 4.74 Å². The number of rotatable bonds is 7. The van der Waals surface area contributed by atoms with Crippen LogP contribution in [0.1, 0.15) is 39.5 Å². The van der Waals surface area contributed by atoms with Crippen molar-refractivity contribution in [2.24, 2.45) is 5.92 Å². The molecule has 1 atom stereocenters. The molecular weight excluding hydrogens is 200 g/mol. The van der Waals surface area contributed by atoms with E-state index in [9.17, 15) is 5.11 Å². The highest BCUT2D eigenvalue weighted by molar-refractivity contribution is 5.37. The summed E-state index contributed by atoms with van der Waals surface area (Å²) in [5, 5.41) is 9.55. The van der Waals surface area contributed by atoms with Gasteiger partial charge in [-0.1, -0.05) is 45.2 Å². The first-order chi connectivity index (χ1) is 7.77. The van der Waals surface area contributed by atoms with Crippen LogP contribution in [0.2, 0.25) is 0 Å². The number of phenolic OH excluding ortho intramolecular Hbond substituents is 1. The number of benzene rings is 1. The molecule has 2 nitrogen and oxygen atoms in total. The minimum Gasteiger partial charge on any atom is -0.504 e. The number of hydrogen-bond donors (Lipinski definition) is 1. The Kier molecular flexibility index (Phi) is 5.76. The molecule has 2 heteroatoms. The lowest BCUT2D eigenvalue weighted by Crippen LogP contribution is -2.11. The lowest BCUT2D eigenvalue weighted by molar-refractivity contribution is 0.225. The van der Waals surface area contributed by atoms with Gasteiger partial charge in [-0.15, -0.1) is 0 Å². The van der Waals surface area contributed by atoms with Gasteiger partial charge in [0.15, 0.2) is 11.5 Å². The van der Waals surface area contributed by atoms with E-state index in [2.05, 4.69) is 13.8 Å². The molecular formula is C14H22O2. The third-order valence-corrected chi connectivity index (χ3v) is 2.88. The molecule has 0 aliphatic rings. The largest absolute Gasteiger partial charge is 0.504 e. The Morgan fingerprint density at radius 3 is 2.62 bits per heavy atom. The number of para-hydroxylation sites is 2. The first kappa shape index (κ1) is 12.9. The van der Waals surface area contributed by atoms with Crippen molar-refractivity contribution >= 4 is 0 Å². The van der Waals surface area contributed by atoms with Gasteiger partial charge in [0.25, 0.3) is 0 Å². The fourth-order valence-electron chi connectivity index (χ4n) is 1.68. The van der Waals surface area contributed by atoms with Crippen LogP contribution >= 0.6 is 0 Å². The highest BCUT2D eigenvalue weighted by atomic mass is 16.5. The predicted octanol–water partition coefficient (Wildman–Crippen LogP) is 3.99. The van der Waals surface area contributed by atoms with Gasteiger partial charge in [-0.05, 0) is 24.5 Å². The molecule has 1 rings (SSSR count). The van der Waals surface area contributed by atoms with Crippen molar-refractivity contribution in [3.8, 4) is 11.5 Å². The summed E-state index contributed by atoms with van der Waals surface area (Å²) in [6.07, 6.45) is 4.82. The van der Waals surface area contributed by atoms with Crippen LogP contribution in [0.15, 0.2) is 24.3 Å². The summed E-state index contributed by atoms with van der Waals surface area (Å²) in [6.45, 7) is 5.10. The van der Waals surface area contributed by atoms with E-state index in [-0.39, 0.29) is 5.75 Å². The molecule has 0 fully saturated rings. The van der Waals surface area contributed by atoms with E-state index in [1.165, 1.54) is 19.3 Å². The molecule has 0 bridgehead atoms. The highest BCUT2D eigenvalue weighted by Gasteiger charge is 2.08. The third kappa shape index (κ3) is 4.13. The molecule has 1 aromatic rings. The van der Waals surface area contributed by atoms with E-state index in [1.54, 1.807) is 12.1 Å². The molecule has 90 valence electrons. The minimum absolute atomic E-state index is 0.229. The number of hydrogen-bond acceptors (Lipinski definition) is 2. The summed E-state index contributed by atoms with van der Waals surface area (Å²) in [5.74, 6) is 1.42. The van der Waals surface area contributed by atoms with E-state index in [0.717, 1.165) is 6.42 Å². The second kappa shape index (κ2) is 7.15. The number of phenols is 1. The Morgan fingerprint density at radius 2 is 2.00 bits per heavy atom. The smallest absolute Gasteiger partial charge is 0.160 e. The van der Waals surface area contributed by atoms with Crippen LogP contribution in [0.4, 0.5) is 0 Å². The number of ether oxygens (including phenoxy) is 1. The second-order valence-electron chi connectivity index (χ2n) is 4.20. The van der Waals surface area contributed by atoms with Gasteiger partial charge in [-0.2, -0.15) is 0 Å². The van der Waals surface area contributed by atoms with E-state index in [0.29, 0.717) is 18.3 Å². The van der Waals surface area contributed by atoms with Gasteiger partial charge < -0.3 is 9.84 Å². The van der Waals surface area contributed by atoms with Gasteiger partial charge in [0, 0.05) is 0 Å². The van der Waals surface area contributed by atoms with E-state index >= 15 is 0 Å². The molecule has 0 aliphatic heterocycles. The zero-order valence-electron chi connectivity index (χ0n) is 10.3. The zero-order chi connectivity index (χ0) is 11.8. The maximum absolute atomic E-state index is 9.55. The van der Waals surface area contributed by atoms with Crippen LogP contribution in [-0.4, -0.2) is 11.7 Å². The van der Waals surface area contributed by atoms with Gasteiger partial charge >= 0.3 is 0 Å². The fourth-order valence-corrected chi connectivity index (χ4v) is 1.68. The summed E-state index contributed by atoms with van der Waals surface area (Å²) < 4.78 is 5.64. The molecule has 0 saturated carbocycles. The van der Waals surface area contributed by atoms with Gasteiger partial charge in [0.2, 0.25) is 0 Å². The lowest BCUT2D eigenvalue weighted by Gasteiger charge is -2.15. The second-order valence-corrected chi connectivity index (χ2v) is 4.20. The van der Waals surface area contributed by atoms with Crippen LogP contribution in [0.3, 0.4) is 0 Å². The monoisotopic (exact) mass is 222 g/mol.